The van der Waals surface area contributed by atoms with E-state index in [0.717, 1.165) is 37.9 Å². The van der Waals surface area contributed by atoms with E-state index in [0.29, 0.717) is 0 Å². The fourth-order valence-electron chi connectivity index (χ4n) is 3.39. The molecule has 27 heavy (non-hydrogen) atoms. The maximum Gasteiger partial charge on any atom is 0.227 e. The summed E-state index contributed by atoms with van der Waals surface area (Å²) in [4.78, 5) is 13.9. The molecule has 0 unspecified atom stereocenters. The first-order valence-corrected chi connectivity index (χ1v) is 9.42. The first-order chi connectivity index (χ1) is 13.3. The Morgan fingerprint density at radius 2 is 1.41 bits per heavy atom. The summed E-state index contributed by atoms with van der Waals surface area (Å²) in [6, 6.07) is 22.9. The van der Waals surface area contributed by atoms with E-state index in [1.165, 1.54) is 11.1 Å². The first kappa shape index (κ1) is 17.5. The molecule has 0 aliphatic carbocycles. The quantitative estimate of drug-likeness (QED) is 0.756. The van der Waals surface area contributed by atoms with Crippen molar-refractivity contribution in [2.24, 2.45) is 0 Å². The summed E-state index contributed by atoms with van der Waals surface area (Å²) in [6.07, 6.45) is 1.84. The van der Waals surface area contributed by atoms with Crippen molar-refractivity contribution in [1.29, 1.82) is 0 Å². The van der Waals surface area contributed by atoms with Crippen LogP contribution < -0.4 is 10.2 Å². The molecule has 0 radical (unpaired) electrons. The first-order valence-electron chi connectivity index (χ1n) is 9.42. The van der Waals surface area contributed by atoms with Crippen LogP contribution in [0.15, 0.2) is 72.9 Å². The van der Waals surface area contributed by atoms with Crippen LogP contribution in [0, 0.1) is 0 Å². The molecule has 1 N–H and O–H groups in total. The minimum Gasteiger partial charge on any atom is -0.359 e. The van der Waals surface area contributed by atoms with Gasteiger partial charge in [-0.2, -0.15) is 4.98 Å². The SMILES string of the molecule is CN1CCN(c2nccc(NC(c3ccccc3)c3ccccc3)n2)CC1. The molecule has 0 spiro atoms. The van der Waals surface area contributed by atoms with Crippen molar-refractivity contribution >= 4 is 11.8 Å². The van der Waals surface area contributed by atoms with Crippen molar-refractivity contribution in [2.45, 2.75) is 6.04 Å². The fraction of sp³-hybridized carbons (Fsp3) is 0.273. The second kappa shape index (κ2) is 8.18. The van der Waals surface area contributed by atoms with E-state index in [-0.39, 0.29) is 6.04 Å². The minimum absolute atomic E-state index is 0.0441. The summed E-state index contributed by atoms with van der Waals surface area (Å²) in [5.41, 5.74) is 2.42. The molecule has 3 aromatic rings. The molecule has 1 aromatic heterocycles. The summed E-state index contributed by atoms with van der Waals surface area (Å²) >= 11 is 0. The van der Waals surface area contributed by atoms with Gasteiger partial charge in [0, 0.05) is 32.4 Å². The van der Waals surface area contributed by atoms with Crippen LogP contribution in [0.3, 0.4) is 0 Å². The van der Waals surface area contributed by atoms with Crippen LogP contribution >= 0.6 is 0 Å². The predicted octanol–water partition coefficient (Wildman–Crippen LogP) is 3.43. The van der Waals surface area contributed by atoms with Crippen LogP contribution in [0.4, 0.5) is 11.8 Å². The molecular weight excluding hydrogens is 334 g/mol. The molecule has 0 atom stereocenters. The molecule has 0 bridgehead atoms. The molecule has 138 valence electrons. The van der Waals surface area contributed by atoms with Gasteiger partial charge in [0.15, 0.2) is 0 Å². The van der Waals surface area contributed by atoms with E-state index in [1.807, 2.05) is 24.4 Å². The Morgan fingerprint density at radius 1 is 0.815 bits per heavy atom. The maximum atomic E-state index is 4.80. The predicted molar refractivity (Wildman–Crippen MR) is 110 cm³/mol. The lowest BCUT2D eigenvalue weighted by molar-refractivity contribution is 0.311. The molecule has 1 fully saturated rings. The molecule has 2 aromatic carbocycles. The summed E-state index contributed by atoms with van der Waals surface area (Å²) in [6.45, 7) is 4.00. The minimum atomic E-state index is 0.0441. The number of likely N-dealkylation sites (N-methyl/N-ethyl adjacent to an activating group) is 1. The number of aromatic nitrogens is 2. The van der Waals surface area contributed by atoms with Gasteiger partial charge >= 0.3 is 0 Å². The molecule has 0 amide bonds. The van der Waals surface area contributed by atoms with E-state index in [1.54, 1.807) is 0 Å². The van der Waals surface area contributed by atoms with Gasteiger partial charge < -0.3 is 15.1 Å². The normalized spacial score (nSPS) is 15.1. The highest BCUT2D eigenvalue weighted by molar-refractivity contribution is 5.47. The standard InChI is InChI=1S/C22H25N5/c1-26-14-16-27(17-15-26)22-23-13-12-20(25-22)24-21(18-8-4-2-5-9-18)19-10-6-3-7-11-19/h2-13,21H,14-17H2,1H3,(H,23,24,25). The van der Waals surface area contributed by atoms with Crippen LogP contribution in [-0.4, -0.2) is 48.1 Å². The Morgan fingerprint density at radius 3 is 2.00 bits per heavy atom. The lowest BCUT2D eigenvalue weighted by atomic mass is 9.99. The van der Waals surface area contributed by atoms with Crippen LogP contribution in [0.1, 0.15) is 17.2 Å². The van der Waals surface area contributed by atoms with E-state index in [2.05, 4.69) is 75.7 Å². The van der Waals surface area contributed by atoms with Gasteiger partial charge in [0.25, 0.3) is 0 Å². The maximum absolute atomic E-state index is 4.80. The highest BCUT2D eigenvalue weighted by Gasteiger charge is 2.18. The van der Waals surface area contributed by atoms with E-state index in [4.69, 9.17) is 4.98 Å². The zero-order valence-corrected chi connectivity index (χ0v) is 15.6. The molecular formula is C22H25N5. The van der Waals surface area contributed by atoms with Gasteiger partial charge in [-0.25, -0.2) is 4.98 Å². The zero-order valence-electron chi connectivity index (χ0n) is 15.6. The van der Waals surface area contributed by atoms with Gasteiger partial charge in [0.1, 0.15) is 5.82 Å². The second-order valence-electron chi connectivity index (χ2n) is 6.93. The van der Waals surface area contributed by atoms with Gasteiger partial charge in [-0.3, -0.25) is 0 Å². The summed E-state index contributed by atoms with van der Waals surface area (Å²) in [7, 11) is 2.15. The Hall–Kier alpha value is -2.92. The fourth-order valence-corrected chi connectivity index (χ4v) is 3.39. The van der Waals surface area contributed by atoms with Crippen molar-refractivity contribution in [2.75, 3.05) is 43.4 Å². The van der Waals surface area contributed by atoms with E-state index < -0.39 is 0 Å². The third-order valence-electron chi connectivity index (χ3n) is 4.99. The van der Waals surface area contributed by atoms with Gasteiger partial charge in [-0.1, -0.05) is 60.7 Å². The number of hydrogen-bond acceptors (Lipinski definition) is 5. The Kier molecular flexibility index (Phi) is 5.30. The number of anilines is 2. The monoisotopic (exact) mass is 359 g/mol. The lowest BCUT2D eigenvalue weighted by Gasteiger charge is -2.32. The molecule has 1 saturated heterocycles. The van der Waals surface area contributed by atoms with Crippen molar-refractivity contribution in [1.82, 2.24) is 14.9 Å². The Balaban J connectivity index is 1.59. The number of nitrogens with zero attached hydrogens (tertiary/aromatic N) is 4. The molecule has 5 nitrogen and oxygen atoms in total. The van der Waals surface area contributed by atoms with Crippen LogP contribution in [0.2, 0.25) is 0 Å². The van der Waals surface area contributed by atoms with Crippen molar-refractivity contribution < 1.29 is 0 Å². The summed E-state index contributed by atoms with van der Waals surface area (Å²) in [5, 5.41) is 3.61. The average Bonchev–Trinajstić information content (AvgIpc) is 2.74. The average molecular weight is 359 g/mol. The lowest BCUT2D eigenvalue weighted by Crippen LogP contribution is -2.45. The zero-order chi connectivity index (χ0) is 18.5. The smallest absolute Gasteiger partial charge is 0.227 e. The van der Waals surface area contributed by atoms with Gasteiger partial charge in [0.05, 0.1) is 6.04 Å². The second-order valence-corrected chi connectivity index (χ2v) is 6.93. The molecule has 4 rings (SSSR count). The van der Waals surface area contributed by atoms with E-state index >= 15 is 0 Å². The van der Waals surface area contributed by atoms with Crippen LogP contribution in [0.25, 0.3) is 0 Å². The van der Waals surface area contributed by atoms with Gasteiger partial charge in [-0.15, -0.1) is 0 Å². The van der Waals surface area contributed by atoms with Gasteiger partial charge in [0.2, 0.25) is 5.95 Å². The highest BCUT2D eigenvalue weighted by Crippen LogP contribution is 2.26. The molecule has 1 aliphatic heterocycles. The molecule has 0 saturated carbocycles. The summed E-state index contributed by atoms with van der Waals surface area (Å²) < 4.78 is 0. The molecule has 5 heteroatoms. The molecule has 2 heterocycles. The summed E-state index contributed by atoms with van der Waals surface area (Å²) in [5.74, 6) is 1.64. The van der Waals surface area contributed by atoms with Crippen molar-refractivity contribution in [3.63, 3.8) is 0 Å². The largest absolute Gasteiger partial charge is 0.359 e. The Bertz CT molecular complexity index is 805. The van der Waals surface area contributed by atoms with Crippen LogP contribution in [-0.2, 0) is 0 Å². The number of benzene rings is 2. The van der Waals surface area contributed by atoms with Crippen molar-refractivity contribution in [3.05, 3.63) is 84.1 Å². The number of hydrogen-bond donors (Lipinski definition) is 1. The molecule has 1 aliphatic rings. The highest BCUT2D eigenvalue weighted by atomic mass is 15.3. The van der Waals surface area contributed by atoms with E-state index in [9.17, 15) is 0 Å². The number of rotatable bonds is 5. The third-order valence-corrected chi connectivity index (χ3v) is 4.99. The van der Waals surface area contributed by atoms with Crippen molar-refractivity contribution in [3.8, 4) is 0 Å². The van der Waals surface area contributed by atoms with Gasteiger partial charge in [-0.05, 0) is 24.2 Å². The number of nitrogens with one attached hydrogen (secondary N) is 1. The van der Waals surface area contributed by atoms with Crippen LogP contribution in [0.5, 0.6) is 0 Å². The Labute approximate surface area is 160 Å². The topological polar surface area (TPSA) is 44.3 Å². The number of piperazine rings is 1. The third kappa shape index (κ3) is 4.26.